The molecular weight excluding hydrogens is 258 g/mol. The van der Waals surface area contributed by atoms with Crippen molar-refractivity contribution < 1.29 is 13.9 Å². The molecule has 1 heterocycles. The molecular formula is C14H23N3O3. The number of nitrogens with zero attached hydrogens (tertiary/aromatic N) is 3. The lowest BCUT2D eigenvalue weighted by Crippen LogP contribution is -2.32. The zero-order valence-corrected chi connectivity index (χ0v) is 12.7. The highest BCUT2D eigenvalue weighted by Crippen LogP contribution is 2.28. The van der Waals surface area contributed by atoms with Crippen molar-refractivity contribution in [2.24, 2.45) is 0 Å². The summed E-state index contributed by atoms with van der Waals surface area (Å²) in [6, 6.07) is 0.435. The van der Waals surface area contributed by atoms with Gasteiger partial charge in [-0.25, -0.2) is 0 Å². The van der Waals surface area contributed by atoms with Crippen molar-refractivity contribution >= 4 is 5.97 Å². The zero-order valence-electron chi connectivity index (χ0n) is 12.7. The fraction of sp³-hybridized carbons (Fsp3) is 0.786. The monoisotopic (exact) mass is 281 g/mol. The van der Waals surface area contributed by atoms with Gasteiger partial charge in [0.1, 0.15) is 0 Å². The number of esters is 1. The predicted molar refractivity (Wildman–Crippen MR) is 73.1 cm³/mol. The first kappa shape index (κ1) is 15.0. The van der Waals surface area contributed by atoms with Gasteiger partial charge in [0.15, 0.2) is 0 Å². The van der Waals surface area contributed by atoms with E-state index in [1.165, 1.54) is 0 Å². The number of hydrogen-bond donors (Lipinski definition) is 0. The second-order valence-corrected chi connectivity index (χ2v) is 6.19. The van der Waals surface area contributed by atoms with Crippen LogP contribution in [0.15, 0.2) is 4.42 Å². The molecule has 0 N–H and O–H groups in total. The van der Waals surface area contributed by atoms with Gasteiger partial charge in [0, 0.05) is 11.5 Å². The van der Waals surface area contributed by atoms with Crippen LogP contribution in [0, 0.1) is 0 Å². The lowest BCUT2D eigenvalue weighted by molar-refractivity contribution is -0.144. The Morgan fingerprint density at radius 1 is 1.40 bits per heavy atom. The molecule has 0 atom stereocenters. The molecule has 112 valence electrons. The van der Waals surface area contributed by atoms with E-state index in [1.54, 1.807) is 0 Å². The molecule has 6 heteroatoms. The summed E-state index contributed by atoms with van der Waals surface area (Å²) < 4.78 is 10.7. The summed E-state index contributed by atoms with van der Waals surface area (Å²) in [5.41, 5.74) is -0.156. The summed E-state index contributed by atoms with van der Waals surface area (Å²) in [7, 11) is 0. The minimum Gasteiger partial charge on any atom is -0.465 e. The lowest BCUT2D eigenvalue weighted by Gasteiger charge is -2.18. The van der Waals surface area contributed by atoms with Gasteiger partial charge in [0.25, 0.3) is 0 Å². The first-order valence-electron chi connectivity index (χ1n) is 7.12. The van der Waals surface area contributed by atoms with E-state index in [0.29, 0.717) is 31.0 Å². The number of rotatable bonds is 6. The van der Waals surface area contributed by atoms with Crippen molar-refractivity contribution in [2.75, 3.05) is 13.2 Å². The lowest BCUT2D eigenvalue weighted by atomic mass is 9.97. The van der Waals surface area contributed by atoms with E-state index in [4.69, 9.17) is 9.15 Å². The molecule has 1 aromatic heterocycles. The average molecular weight is 281 g/mol. The Labute approximate surface area is 119 Å². The summed E-state index contributed by atoms with van der Waals surface area (Å²) in [6.45, 7) is 9.10. The Kier molecular flexibility index (Phi) is 4.42. The van der Waals surface area contributed by atoms with E-state index in [9.17, 15) is 4.79 Å². The van der Waals surface area contributed by atoms with Crippen LogP contribution in [0.5, 0.6) is 0 Å². The van der Waals surface area contributed by atoms with Gasteiger partial charge >= 0.3 is 5.97 Å². The number of hydrogen-bond acceptors (Lipinski definition) is 6. The molecule has 0 bridgehead atoms. The van der Waals surface area contributed by atoms with Gasteiger partial charge in [0.2, 0.25) is 11.8 Å². The zero-order chi connectivity index (χ0) is 14.8. The fourth-order valence-corrected chi connectivity index (χ4v) is 1.92. The Balaban J connectivity index is 1.98. The molecule has 6 nitrogen and oxygen atoms in total. The molecule has 0 radical (unpaired) electrons. The van der Waals surface area contributed by atoms with E-state index in [1.807, 2.05) is 27.7 Å². The van der Waals surface area contributed by atoms with Crippen molar-refractivity contribution in [3.63, 3.8) is 0 Å². The smallest absolute Gasteiger partial charge is 0.320 e. The molecule has 2 rings (SSSR count). The molecule has 0 saturated heterocycles. The first-order valence-corrected chi connectivity index (χ1v) is 7.12. The van der Waals surface area contributed by atoms with E-state index in [0.717, 1.165) is 12.8 Å². The average Bonchev–Trinajstić information content (AvgIpc) is 3.07. The topological polar surface area (TPSA) is 68.5 Å². The van der Waals surface area contributed by atoms with Gasteiger partial charge in [-0.3, -0.25) is 9.69 Å². The highest BCUT2D eigenvalue weighted by atomic mass is 16.5. The van der Waals surface area contributed by atoms with Crippen LogP contribution >= 0.6 is 0 Å². The van der Waals surface area contributed by atoms with Gasteiger partial charge < -0.3 is 9.15 Å². The van der Waals surface area contributed by atoms with Crippen LogP contribution in [-0.4, -0.2) is 40.3 Å². The predicted octanol–water partition coefficient (Wildman–Crippen LogP) is 1.89. The van der Waals surface area contributed by atoms with Crippen molar-refractivity contribution in [2.45, 2.75) is 58.5 Å². The van der Waals surface area contributed by atoms with Crippen LogP contribution in [0.1, 0.15) is 52.3 Å². The molecule has 1 saturated carbocycles. The van der Waals surface area contributed by atoms with Gasteiger partial charge in [-0.15, -0.1) is 10.2 Å². The fourth-order valence-electron chi connectivity index (χ4n) is 1.92. The number of ether oxygens (including phenoxy) is 1. The van der Waals surface area contributed by atoms with Crippen LogP contribution in [0.2, 0.25) is 0 Å². The van der Waals surface area contributed by atoms with Gasteiger partial charge in [0.05, 0.1) is 19.7 Å². The minimum atomic E-state index is -0.199. The molecule has 0 aliphatic heterocycles. The third-order valence-electron chi connectivity index (χ3n) is 3.15. The minimum absolute atomic E-state index is 0.156. The second kappa shape index (κ2) is 5.91. The van der Waals surface area contributed by atoms with Crippen LogP contribution < -0.4 is 0 Å². The molecule has 0 aromatic carbocycles. The maximum absolute atomic E-state index is 11.6. The van der Waals surface area contributed by atoms with Gasteiger partial charge in [-0.05, 0) is 19.8 Å². The largest absolute Gasteiger partial charge is 0.465 e. The molecule has 0 unspecified atom stereocenters. The summed E-state index contributed by atoms with van der Waals surface area (Å²) in [5, 5.41) is 8.15. The Bertz CT molecular complexity index is 460. The molecule has 1 aliphatic rings. The van der Waals surface area contributed by atoms with Crippen molar-refractivity contribution in [1.29, 1.82) is 0 Å². The first-order chi connectivity index (χ1) is 9.40. The van der Waals surface area contributed by atoms with Gasteiger partial charge in [-0.1, -0.05) is 20.8 Å². The van der Waals surface area contributed by atoms with Crippen LogP contribution in [0.25, 0.3) is 0 Å². The van der Waals surface area contributed by atoms with E-state index in [-0.39, 0.29) is 17.9 Å². The van der Waals surface area contributed by atoms with Crippen LogP contribution in [-0.2, 0) is 21.5 Å². The van der Waals surface area contributed by atoms with Crippen molar-refractivity contribution in [3.05, 3.63) is 11.8 Å². The van der Waals surface area contributed by atoms with Gasteiger partial charge in [-0.2, -0.15) is 0 Å². The summed E-state index contributed by atoms with van der Waals surface area (Å²) in [6.07, 6.45) is 2.22. The van der Waals surface area contributed by atoms with Crippen LogP contribution in [0.3, 0.4) is 0 Å². The van der Waals surface area contributed by atoms with E-state index < -0.39 is 0 Å². The van der Waals surface area contributed by atoms with Crippen molar-refractivity contribution in [1.82, 2.24) is 15.1 Å². The standard InChI is InChI=1S/C14H23N3O3/c1-5-19-12(18)9-17(10-6-7-10)8-11-15-16-13(20-11)14(2,3)4/h10H,5-9H2,1-4H3. The Morgan fingerprint density at radius 3 is 2.60 bits per heavy atom. The molecule has 1 fully saturated rings. The molecule has 1 aromatic rings. The molecule has 0 amide bonds. The van der Waals surface area contributed by atoms with E-state index in [2.05, 4.69) is 15.1 Å². The SMILES string of the molecule is CCOC(=O)CN(Cc1nnc(C(C)(C)C)o1)C1CC1. The normalized spacial score (nSPS) is 15.7. The van der Waals surface area contributed by atoms with Crippen LogP contribution in [0.4, 0.5) is 0 Å². The Morgan fingerprint density at radius 2 is 2.10 bits per heavy atom. The molecule has 1 aliphatic carbocycles. The maximum atomic E-state index is 11.6. The number of carbonyl (C=O) groups excluding carboxylic acids is 1. The molecule has 20 heavy (non-hydrogen) atoms. The third kappa shape index (κ3) is 4.03. The second-order valence-electron chi connectivity index (χ2n) is 6.19. The molecule has 0 spiro atoms. The van der Waals surface area contributed by atoms with E-state index >= 15 is 0 Å². The highest BCUT2D eigenvalue weighted by molar-refractivity contribution is 5.71. The summed E-state index contributed by atoms with van der Waals surface area (Å²) >= 11 is 0. The quantitative estimate of drug-likeness (QED) is 0.742. The Hall–Kier alpha value is -1.43. The maximum Gasteiger partial charge on any atom is 0.320 e. The summed E-state index contributed by atoms with van der Waals surface area (Å²) in [4.78, 5) is 13.7. The summed E-state index contributed by atoms with van der Waals surface area (Å²) in [5.74, 6) is 0.987. The number of aromatic nitrogens is 2. The number of carbonyl (C=O) groups is 1. The van der Waals surface area contributed by atoms with Crippen molar-refractivity contribution in [3.8, 4) is 0 Å². The highest BCUT2D eigenvalue weighted by Gasteiger charge is 2.32. The third-order valence-corrected chi connectivity index (χ3v) is 3.15.